The molecule has 0 amide bonds. The predicted octanol–water partition coefficient (Wildman–Crippen LogP) is 2.73. The molecule has 1 heterocycles. The number of aromatic amines is 1. The molecule has 90 valence electrons. The average molecular weight is 229 g/mol. The van der Waals surface area contributed by atoms with Crippen molar-refractivity contribution in [2.24, 2.45) is 0 Å². The fraction of sp³-hybridized carbons (Fsp3) is 0.357. The van der Waals surface area contributed by atoms with E-state index in [0.717, 1.165) is 6.54 Å². The van der Waals surface area contributed by atoms with Crippen LogP contribution in [0.2, 0.25) is 0 Å². The first kappa shape index (κ1) is 11.9. The molecule has 0 aliphatic carbocycles. The van der Waals surface area contributed by atoms with Crippen molar-refractivity contribution >= 4 is 0 Å². The number of hydrogen-bond donors (Lipinski definition) is 2. The lowest BCUT2D eigenvalue weighted by Crippen LogP contribution is -2.22. The number of aryl methyl sites for hydroxylation is 2. The summed E-state index contributed by atoms with van der Waals surface area (Å²) >= 11 is 0. The van der Waals surface area contributed by atoms with Gasteiger partial charge in [0.05, 0.1) is 12.2 Å². The minimum Gasteiger partial charge on any atom is -0.306 e. The SMILES string of the molecule is CCNC(c1cn[nH]c1)c1ccc(C)cc1C. The van der Waals surface area contributed by atoms with Crippen LogP contribution in [-0.4, -0.2) is 16.7 Å². The van der Waals surface area contributed by atoms with Crippen LogP contribution in [0.4, 0.5) is 0 Å². The Kier molecular flexibility index (Phi) is 3.59. The molecule has 17 heavy (non-hydrogen) atoms. The van der Waals surface area contributed by atoms with E-state index in [4.69, 9.17) is 0 Å². The van der Waals surface area contributed by atoms with Crippen LogP contribution in [0.5, 0.6) is 0 Å². The van der Waals surface area contributed by atoms with E-state index < -0.39 is 0 Å². The smallest absolute Gasteiger partial charge is 0.0610 e. The first-order chi connectivity index (χ1) is 8.22. The van der Waals surface area contributed by atoms with Gasteiger partial charge in [-0.05, 0) is 31.5 Å². The molecule has 2 rings (SSSR count). The van der Waals surface area contributed by atoms with Crippen LogP contribution in [0.15, 0.2) is 30.6 Å². The van der Waals surface area contributed by atoms with Crippen molar-refractivity contribution in [1.29, 1.82) is 0 Å². The summed E-state index contributed by atoms with van der Waals surface area (Å²) < 4.78 is 0. The third-order valence-corrected chi connectivity index (χ3v) is 3.00. The summed E-state index contributed by atoms with van der Waals surface area (Å²) in [5.74, 6) is 0. The average Bonchev–Trinajstić information content (AvgIpc) is 2.80. The number of H-pyrrole nitrogens is 1. The third kappa shape index (κ3) is 2.56. The molecule has 0 fully saturated rings. The molecular weight excluding hydrogens is 210 g/mol. The van der Waals surface area contributed by atoms with Crippen LogP contribution in [0.3, 0.4) is 0 Å². The molecule has 0 saturated heterocycles. The number of aromatic nitrogens is 2. The van der Waals surface area contributed by atoms with Crippen molar-refractivity contribution in [3.63, 3.8) is 0 Å². The van der Waals surface area contributed by atoms with Gasteiger partial charge in [0.25, 0.3) is 0 Å². The Morgan fingerprint density at radius 3 is 2.76 bits per heavy atom. The van der Waals surface area contributed by atoms with Gasteiger partial charge in [-0.25, -0.2) is 0 Å². The molecule has 0 aliphatic heterocycles. The van der Waals surface area contributed by atoms with Crippen molar-refractivity contribution in [3.05, 3.63) is 52.8 Å². The van der Waals surface area contributed by atoms with Crippen molar-refractivity contribution in [1.82, 2.24) is 15.5 Å². The number of nitrogens with zero attached hydrogens (tertiary/aromatic N) is 1. The van der Waals surface area contributed by atoms with Crippen molar-refractivity contribution in [3.8, 4) is 0 Å². The zero-order valence-corrected chi connectivity index (χ0v) is 10.6. The highest BCUT2D eigenvalue weighted by atomic mass is 15.1. The monoisotopic (exact) mass is 229 g/mol. The summed E-state index contributed by atoms with van der Waals surface area (Å²) in [5, 5.41) is 10.4. The van der Waals surface area contributed by atoms with Gasteiger partial charge in [0, 0.05) is 11.8 Å². The van der Waals surface area contributed by atoms with E-state index in [2.05, 4.69) is 54.5 Å². The molecule has 3 heteroatoms. The summed E-state index contributed by atoms with van der Waals surface area (Å²) in [4.78, 5) is 0. The molecule has 0 radical (unpaired) electrons. The van der Waals surface area contributed by atoms with Gasteiger partial charge in [0.2, 0.25) is 0 Å². The largest absolute Gasteiger partial charge is 0.306 e. The second-order valence-corrected chi connectivity index (χ2v) is 4.38. The van der Waals surface area contributed by atoms with E-state index in [-0.39, 0.29) is 6.04 Å². The minimum absolute atomic E-state index is 0.222. The highest BCUT2D eigenvalue weighted by molar-refractivity contribution is 5.37. The first-order valence-corrected chi connectivity index (χ1v) is 6.01. The zero-order chi connectivity index (χ0) is 12.3. The predicted molar refractivity (Wildman–Crippen MR) is 70.0 cm³/mol. The van der Waals surface area contributed by atoms with Crippen LogP contribution in [-0.2, 0) is 0 Å². The van der Waals surface area contributed by atoms with Crippen molar-refractivity contribution in [2.75, 3.05) is 6.54 Å². The second-order valence-electron chi connectivity index (χ2n) is 4.38. The van der Waals surface area contributed by atoms with Gasteiger partial charge in [-0.15, -0.1) is 0 Å². The Labute approximate surface area is 102 Å². The fourth-order valence-electron chi connectivity index (χ4n) is 2.18. The number of benzene rings is 1. The van der Waals surface area contributed by atoms with E-state index in [0.29, 0.717) is 0 Å². The van der Waals surface area contributed by atoms with Gasteiger partial charge in [-0.2, -0.15) is 5.10 Å². The maximum Gasteiger partial charge on any atom is 0.0610 e. The maximum atomic E-state index is 4.03. The lowest BCUT2D eigenvalue weighted by atomic mass is 9.95. The van der Waals surface area contributed by atoms with Crippen LogP contribution in [0, 0.1) is 13.8 Å². The molecule has 3 nitrogen and oxygen atoms in total. The molecule has 1 unspecified atom stereocenters. The van der Waals surface area contributed by atoms with E-state index in [1.165, 1.54) is 22.3 Å². The normalized spacial score (nSPS) is 12.6. The number of rotatable bonds is 4. The summed E-state index contributed by atoms with van der Waals surface area (Å²) in [7, 11) is 0. The molecule has 1 aromatic heterocycles. The fourth-order valence-corrected chi connectivity index (χ4v) is 2.18. The van der Waals surface area contributed by atoms with E-state index in [1.807, 2.05) is 12.4 Å². The molecule has 0 saturated carbocycles. The lowest BCUT2D eigenvalue weighted by Gasteiger charge is -2.19. The van der Waals surface area contributed by atoms with Crippen molar-refractivity contribution < 1.29 is 0 Å². The Hall–Kier alpha value is -1.61. The second kappa shape index (κ2) is 5.15. The Morgan fingerprint density at radius 1 is 1.35 bits per heavy atom. The quantitative estimate of drug-likeness (QED) is 0.846. The van der Waals surface area contributed by atoms with E-state index in [1.54, 1.807) is 0 Å². The number of hydrogen-bond acceptors (Lipinski definition) is 2. The summed E-state index contributed by atoms with van der Waals surface area (Å²) in [6.07, 6.45) is 3.83. The zero-order valence-electron chi connectivity index (χ0n) is 10.6. The van der Waals surface area contributed by atoms with Crippen molar-refractivity contribution in [2.45, 2.75) is 26.8 Å². The number of nitrogens with one attached hydrogen (secondary N) is 2. The molecule has 1 aromatic carbocycles. The van der Waals surface area contributed by atoms with Gasteiger partial charge >= 0.3 is 0 Å². The minimum atomic E-state index is 0.222. The highest BCUT2D eigenvalue weighted by Gasteiger charge is 2.15. The molecular formula is C14H19N3. The highest BCUT2D eigenvalue weighted by Crippen LogP contribution is 2.24. The summed E-state index contributed by atoms with van der Waals surface area (Å²) in [6, 6.07) is 6.80. The van der Waals surface area contributed by atoms with Gasteiger partial charge < -0.3 is 5.32 Å². The molecule has 2 aromatic rings. The summed E-state index contributed by atoms with van der Waals surface area (Å²) in [5.41, 5.74) is 5.11. The molecule has 0 spiro atoms. The summed E-state index contributed by atoms with van der Waals surface area (Å²) in [6.45, 7) is 7.34. The Bertz CT molecular complexity index is 474. The van der Waals surface area contributed by atoms with Crippen LogP contribution in [0.25, 0.3) is 0 Å². The standard InChI is InChI=1S/C14H19N3/c1-4-15-14(12-8-16-17-9-12)13-6-5-10(2)7-11(13)3/h5-9,14-15H,4H2,1-3H3,(H,16,17). The molecule has 0 bridgehead atoms. The molecule has 0 aliphatic rings. The first-order valence-electron chi connectivity index (χ1n) is 6.01. The lowest BCUT2D eigenvalue weighted by molar-refractivity contribution is 0.628. The van der Waals surface area contributed by atoms with Crippen LogP contribution in [0.1, 0.15) is 35.2 Å². The van der Waals surface area contributed by atoms with Gasteiger partial charge in [0.1, 0.15) is 0 Å². The Morgan fingerprint density at radius 2 is 2.18 bits per heavy atom. The maximum absolute atomic E-state index is 4.03. The van der Waals surface area contributed by atoms with Crippen LogP contribution < -0.4 is 5.32 Å². The Balaban J connectivity index is 2.39. The van der Waals surface area contributed by atoms with Gasteiger partial charge in [-0.3, -0.25) is 5.10 Å². The molecule has 2 N–H and O–H groups in total. The van der Waals surface area contributed by atoms with Gasteiger partial charge in [-0.1, -0.05) is 30.7 Å². The molecule has 1 atom stereocenters. The van der Waals surface area contributed by atoms with Crippen LogP contribution >= 0.6 is 0 Å². The van der Waals surface area contributed by atoms with Gasteiger partial charge in [0.15, 0.2) is 0 Å². The topological polar surface area (TPSA) is 40.7 Å². The van der Waals surface area contributed by atoms with E-state index in [9.17, 15) is 0 Å². The van der Waals surface area contributed by atoms with E-state index >= 15 is 0 Å². The third-order valence-electron chi connectivity index (χ3n) is 3.00.